The first-order valence-corrected chi connectivity index (χ1v) is 7.40. The van der Waals surface area contributed by atoms with Crippen LogP contribution in [0.5, 0.6) is 0 Å². The fraction of sp³-hybridized carbons (Fsp3) is 0.357. The summed E-state index contributed by atoms with van der Waals surface area (Å²) in [6.07, 6.45) is 0. The molecule has 112 valence electrons. The van der Waals surface area contributed by atoms with Crippen LogP contribution in [0.15, 0.2) is 24.3 Å². The van der Waals surface area contributed by atoms with Crippen molar-refractivity contribution in [3.05, 3.63) is 29.3 Å². The molecule has 21 heavy (non-hydrogen) atoms. The van der Waals surface area contributed by atoms with Gasteiger partial charge in [0.2, 0.25) is 11.8 Å². The summed E-state index contributed by atoms with van der Waals surface area (Å²) < 4.78 is 1.14. The van der Waals surface area contributed by atoms with Crippen LogP contribution >= 0.6 is 11.3 Å². The Bertz CT molecular complexity index is 608. The van der Waals surface area contributed by atoms with Crippen LogP contribution in [0, 0.1) is 0 Å². The van der Waals surface area contributed by atoms with E-state index < -0.39 is 0 Å². The van der Waals surface area contributed by atoms with Gasteiger partial charge in [-0.25, -0.2) is 4.98 Å². The van der Waals surface area contributed by atoms with Gasteiger partial charge in [-0.2, -0.15) is 0 Å². The zero-order chi connectivity index (χ0) is 15.2. The molecule has 0 saturated heterocycles. The Kier molecular flexibility index (Phi) is 5.24. The second-order valence-electron chi connectivity index (χ2n) is 4.70. The van der Waals surface area contributed by atoms with Gasteiger partial charge in [0, 0.05) is 7.05 Å². The lowest BCUT2D eigenvalue weighted by molar-refractivity contribution is -0.126. The number of aromatic nitrogens is 1. The Balaban J connectivity index is 1.85. The van der Waals surface area contributed by atoms with E-state index in [1.807, 2.05) is 36.2 Å². The first-order valence-electron chi connectivity index (χ1n) is 6.58. The SMILES string of the molecule is CNC(=O)CNC(=O)CN(C)Cc1nc2ccccc2s1. The molecule has 2 aromatic rings. The van der Waals surface area contributed by atoms with Crippen molar-refractivity contribution >= 4 is 33.4 Å². The molecule has 1 aromatic heterocycles. The Morgan fingerprint density at radius 3 is 2.76 bits per heavy atom. The van der Waals surface area contributed by atoms with Crippen LogP contribution in [-0.4, -0.2) is 48.9 Å². The third-order valence-corrected chi connectivity index (χ3v) is 3.90. The zero-order valence-corrected chi connectivity index (χ0v) is 12.9. The third-order valence-electron chi connectivity index (χ3n) is 2.88. The lowest BCUT2D eigenvalue weighted by Gasteiger charge is -2.14. The molecule has 0 atom stereocenters. The number of benzene rings is 1. The molecule has 7 heteroatoms. The molecular formula is C14H18N4O2S. The molecular weight excluding hydrogens is 288 g/mol. The van der Waals surface area contributed by atoms with Gasteiger partial charge in [0.15, 0.2) is 0 Å². The predicted octanol–water partition coefficient (Wildman–Crippen LogP) is 0.590. The highest BCUT2D eigenvalue weighted by molar-refractivity contribution is 7.18. The molecule has 2 N–H and O–H groups in total. The average Bonchev–Trinajstić information content (AvgIpc) is 2.86. The minimum absolute atomic E-state index is 0.00428. The third kappa shape index (κ3) is 4.51. The highest BCUT2D eigenvalue weighted by Crippen LogP contribution is 2.22. The molecule has 0 unspecified atom stereocenters. The summed E-state index contributed by atoms with van der Waals surface area (Å²) in [5, 5.41) is 5.99. The summed E-state index contributed by atoms with van der Waals surface area (Å²) in [5.41, 5.74) is 0.981. The quantitative estimate of drug-likeness (QED) is 0.819. The van der Waals surface area contributed by atoms with Gasteiger partial charge in [-0.3, -0.25) is 14.5 Å². The number of carbonyl (C=O) groups excluding carboxylic acids is 2. The van der Waals surface area contributed by atoms with Crippen molar-refractivity contribution in [2.24, 2.45) is 0 Å². The molecule has 0 aliphatic rings. The molecule has 6 nitrogen and oxygen atoms in total. The van der Waals surface area contributed by atoms with Crippen molar-refractivity contribution in [2.75, 3.05) is 27.2 Å². The van der Waals surface area contributed by atoms with Crippen molar-refractivity contribution in [1.29, 1.82) is 0 Å². The second kappa shape index (κ2) is 7.14. The van der Waals surface area contributed by atoms with E-state index in [-0.39, 0.29) is 24.9 Å². The van der Waals surface area contributed by atoms with Gasteiger partial charge in [-0.1, -0.05) is 12.1 Å². The van der Waals surface area contributed by atoms with Gasteiger partial charge in [0.25, 0.3) is 0 Å². The maximum absolute atomic E-state index is 11.7. The average molecular weight is 306 g/mol. The monoisotopic (exact) mass is 306 g/mol. The number of rotatable bonds is 6. The van der Waals surface area contributed by atoms with Crippen molar-refractivity contribution in [1.82, 2.24) is 20.5 Å². The Hall–Kier alpha value is -1.99. The minimum atomic E-state index is -0.211. The van der Waals surface area contributed by atoms with Crippen LogP contribution < -0.4 is 10.6 Å². The fourth-order valence-corrected chi connectivity index (χ4v) is 2.89. The van der Waals surface area contributed by atoms with Crippen LogP contribution in [0.4, 0.5) is 0 Å². The number of fused-ring (bicyclic) bond motifs is 1. The molecule has 0 aliphatic heterocycles. The summed E-state index contributed by atoms with van der Waals surface area (Å²) >= 11 is 1.63. The molecule has 0 radical (unpaired) electrons. The minimum Gasteiger partial charge on any atom is -0.358 e. The number of thiazole rings is 1. The van der Waals surface area contributed by atoms with Crippen LogP contribution in [-0.2, 0) is 16.1 Å². The molecule has 1 aromatic carbocycles. The smallest absolute Gasteiger partial charge is 0.239 e. The molecule has 0 saturated carbocycles. The lowest BCUT2D eigenvalue weighted by Crippen LogP contribution is -2.40. The predicted molar refractivity (Wildman–Crippen MR) is 83.0 cm³/mol. The number of amides is 2. The largest absolute Gasteiger partial charge is 0.358 e. The highest BCUT2D eigenvalue weighted by atomic mass is 32.1. The second-order valence-corrected chi connectivity index (χ2v) is 5.81. The summed E-state index contributed by atoms with van der Waals surface area (Å²) in [6.45, 7) is 0.837. The normalized spacial score (nSPS) is 10.8. The number of hydrogen-bond donors (Lipinski definition) is 2. The van der Waals surface area contributed by atoms with Crippen molar-refractivity contribution in [3.63, 3.8) is 0 Å². The first kappa shape index (κ1) is 15.4. The maximum Gasteiger partial charge on any atom is 0.239 e. The Morgan fingerprint density at radius 1 is 1.29 bits per heavy atom. The fourth-order valence-electron chi connectivity index (χ4n) is 1.84. The van der Waals surface area contributed by atoms with Gasteiger partial charge in [0.1, 0.15) is 5.01 Å². The summed E-state index contributed by atoms with van der Waals surface area (Å²) in [4.78, 5) is 29.1. The highest BCUT2D eigenvalue weighted by Gasteiger charge is 2.10. The van der Waals surface area contributed by atoms with Crippen LogP contribution in [0.25, 0.3) is 10.2 Å². The van der Waals surface area contributed by atoms with Crippen molar-refractivity contribution in [2.45, 2.75) is 6.54 Å². The summed E-state index contributed by atoms with van der Waals surface area (Å²) in [5.74, 6) is -0.389. The van der Waals surface area contributed by atoms with Gasteiger partial charge in [0.05, 0.1) is 29.9 Å². The summed E-state index contributed by atoms with van der Waals surface area (Å²) in [6, 6.07) is 7.96. The molecule has 2 rings (SSSR count). The van der Waals surface area contributed by atoms with Gasteiger partial charge in [-0.15, -0.1) is 11.3 Å². The van der Waals surface area contributed by atoms with Crippen molar-refractivity contribution < 1.29 is 9.59 Å². The van der Waals surface area contributed by atoms with Gasteiger partial charge >= 0.3 is 0 Å². The topological polar surface area (TPSA) is 74.3 Å². The van der Waals surface area contributed by atoms with E-state index in [0.29, 0.717) is 6.54 Å². The lowest BCUT2D eigenvalue weighted by atomic mass is 10.3. The van der Waals surface area contributed by atoms with Gasteiger partial charge < -0.3 is 10.6 Å². The van der Waals surface area contributed by atoms with E-state index in [1.165, 1.54) is 7.05 Å². The standard InChI is InChI=1S/C14H18N4O2S/c1-15-12(19)7-16-13(20)8-18(2)9-14-17-10-5-3-4-6-11(10)21-14/h3-6H,7-9H2,1-2H3,(H,15,19)(H,16,20). The van der Waals surface area contributed by atoms with Crippen LogP contribution in [0.3, 0.4) is 0 Å². The van der Waals surface area contributed by atoms with Gasteiger partial charge in [-0.05, 0) is 19.2 Å². The Labute approximate surface area is 127 Å². The van der Waals surface area contributed by atoms with E-state index in [0.717, 1.165) is 15.2 Å². The van der Waals surface area contributed by atoms with Crippen LogP contribution in [0.1, 0.15) is 5.01 Å². The number of likely N-dealkylation sites (N-methyl/N-ethyl adjacent to an activating group) is 2. The first-order chi connectivity index (χ1) is 10.1. The molecule has 1 heterocycles. The number of hydrogen-bond acceptors (Lipinski definition) is 5. The van der Waals surface area contributed by atoms with E-state index in [2.05, 4.69) is 15.6 Å². The van der Waals surface area contributed by atoms with E-state index in [1.54, 1.807) is 11.3 Å². The maximum atomic E-state index is 11.7. The molecule has 2 amide bonds. The van der Waals surface area contributed by atoms with E-state index in [9.17, 15) is 9.59 Å². The van der Waals surface area contributed by atoms with Crippen LogP contribution in [0.2, 0.25) is 0 Å². The summed E-state index contributed by atoms with van der Waals surface area (Å²) in [7, 11) is 3.39. The Morgan fingerprint density at radius 2 is 2.05 bits per heavy atom. The number of para-hydroxylation sites is 1. The van der Waals surface area contributed by atoms with E-state index in [4.69, 9.17) is 0 Å². The molecule has 0 bridgehead atoms. The number of nitrogens with one attached hydrogen (secondary N) is 2. The van der Waals surface area contributed by atoms with Crippen molar-refractivity contribution in [3.8, 4) is 0 Å². The number of nitrogens with zero attached hydrogens (tertiary/aromatic N) is 2. The van der Waals surface area contributed by atoms with E-state index >= 15 is 0 Å². The zero-order valence-electron chi connectivity index (χ0n) is 12.0. The molecule has 0 aliphatic carbocycles. The number of carbonyl (C=O) groups is 2. The molecule has 0 fully saturated rings. The molecule has 0 spiro atoms.